The van der Waals surface area contributed by atoms with E-state index in [0.29, 0.717) is 0 Å². The fourth-order valence-corrected chi connectivity index (χ4v) is 2.38. The molecule has 0 radical (unpaired) electrons. The minimum atomic E-state index is -1.67. The molecule has 0 saturated heterocycles. The molecular formula is C16H18N2O9. The molecule has 0 bridgehead atoms. The second-order valence-electron chi connectivity index (χ2n) is 5.48. The molecule has 0 spiro atoms. The van der Waals surface area contributed by atoms with Crippen molar-refractivity contribution in [3.05, 3.63) is 39.9 Å². The largest absolute Gasteiger partial charge is 0.480 e. The van der Waals surface area contributed by atoms with E-state index in [0.717, 1.165) is 20.3 Å². The molecule has 0 saturated carbocycles. The molecule has 1 rings (SSSR count). The molecule has 0 unspecified atom stereocenters. The lowest BCUT2D eigenvalue weighted by Crippen LogP contribution is -2.50. The molecule has 146 valence electrons. The van der Waals surface area contributed by atoms with Crippen molar-refractivity contribution in [2.75, 3.05) is 14.2 Å². The number of nitrogens with one attached hydrogen (secondary N) is 1. The molecule has 11 heteroatoms. The molecule has 0 aliphatic rings. The van der Waals surface area contributed by atoms with E-state index in [-0.39, 0.29) is 11.3 Å². The highest BCUT2D eigenvalue weighted by molar-refractivity contribution is 5.99. The van der Waals surface area contributed by atoms with Crippen LogP contribution in [-0.4, -0.2) is 54.1 Å². The fourth-order valence-electron chi connectivity index (χ4n) is 2.38. The topological polar surface area (TPSA) is 162 Å². The Morgan fingerprint density at radius 2 is 1.70 bits per heavy atom. The maximum atomic E-state index is 12.3. The lowest BCUT2D eigenvalue weighted by molar-refractivity contribution is -0.384. The number of carbonyl (C=O) groups excluding carboxylic acids is 3. The van der Waals surface area contributed by atoms with Gasteiger partial charge in [0, 0.05) is 23.6 Å². The first-order valence-electron chi connectivity index (χ1n) is 7.57. The number of benzene rings is 1. The number of carboxylic acids is 1. The lowest BCUT2D eigenvalue weighted by atomic mass is 9.87. The van der Waals surface area contributed by atoms with Gasteiger partial charge < -0.3 is 19.9 Å². The van der Waals surface area contributed by atoms with Gasteiger partial charge in [-0.2, -0.15) is 0 Å². The van der Waals surface area contributed by atoms with Crippen LogP contribution in [0.15, 0.2) is 24.3 Å². The van der Waals surface area contributed by atoms with Crippen LogP contribution in [0.4, 0.5) is 5.69 Å². The smallest absolute Gasteiger partial charge is 0.326 e. The zero-order valence-electron chi connectivity index (χ0n) is 14.7. The molecule has 0 aromatic heterocycles. The monoisotopic (exact) mass is 382 g/mol. The van der Waals surface area contributed by atoms with Crippen molar-refractivity contribution >= 4 is 29.5 Å². The normalized spacial score (nSPS) is 12.6. The zero-order valence-corrected chi connectivity index (χ0v) is 14.7. The predicted molar refractivity (Wildman–Crippen MR) is 88.7 cm³/mol. The number of methoxy groups -OCH3 is 2. The number of esters is 2. The van der Waals surface area contributed by atoms with Gasteiger partial charge in [-0.25, -0.2) is 4.79 Å². The highest BCUT2D eigenvalue weighted by Crippen LogP contribution is 2.21. The number of carboxylic acid groups (broad SMARTS) is 1. The van der Waals surface area contributed by atoms with E-state index in [9.17, 15) is 34.4 Å². The Labute approximate surface area is 153 Å². The number of aliphatic carboxylic acids is 1. The third kappa shape index (κ3) is 5.23. The zero-order chi connectivity index (χ0) is 20.7. The van der Waals surface area contributed by atoms with Crippen LogP contribution in [-0.2, 0) is 23.9 Å². The molecule has 0 heterocycles. The fraction of sp³-hybridized carbons (Fsp3) is 0.375. The third-order valence-corrected chi connectivity index (χ3v) is 3.83. The summed E-state index contributed by atoms with van der Waals surface area (Å²) in [5.74, 6) is -7.31. The van der Waals surface area contributed by atoms with E-state index >= 15 is 0 Å². The van der Waals surface area contributed by atoms with Gasteiger partial charge in [-0.15, -0.1) is 0 Å². The van der Waals surface area contributed by atoms with E-state index < -0.39 is 46.6 Å². The van der Waals surface area contributed by atoms with Crippen molar-refractivity contribution < 1.29 is 38.7 Å². The summed E-state index contributed by atoms with van der Waals surface area (Å²) >= 11 is 0. The number of hydrogen-bond acceptors (Lipinski definition) is 8. The number of amides is 1. The Balaban J connectivity index is 3.14. The average Bonchev–Trinajstić information content (AvgIpc) is 2.65. The Morgan fingerprint density at radius 1 is 1.15 bits per heavy atom. The summed E-state index contributed by atoms with van der Waals surface area (Å²) in [6, 6.07) is 2.98. The summed E-state index contributed by atoms with van der Waals surface area (Å²) in [5, 5.41) is 22.4. The first-order valence-corrected chi connectivity index (χ1v) is 7.57. The predicted octanol–water partition coefficient (Wildman–Crippen LogP) is 0.376. The van der Waals surface area contributed by atoms with Crippen molar-refractivity contribution in [1.29, 1.82) is 0 Å². The van der Waals surface area contributed by atoms with Gasteiger partial charge in [0.25, 0.3) is 11.6 Å². The number of non-ortho nitro benzene ring substituents is 1. The molecule has 0 aliphatic carbocycles. The van der Waals surface area contributed by atoms with E-state index in [1.165, 1.54) is 25.1 Å². The number of rotatable bonds is 8. The Bertz CT molecular complexity index is 746. The van der Waals surface area contributed by atoms with Crippen molar-refractivity contribution in [2.24, 2.45) is 11.8 Å². The molecule has 0 fully saturated rings. The Morgan fingerprint density at radius 3 is 2.15 bits per heavy atom. The first kappa shape index (κ1) is 21.5. The first-order chi connectivity index (χ1) is 12.6. The van der Waals surface area contributed by atoms with Crippen molar-refractivity contribution in [2.45, 2.75) is 13.0 Å². The van der Waals surface area contributed by atoms with Crippen molar-refractivity contribution in [3.63, 3.8) is 0 Å². The second kappa shape index (κ2) is 9.27. The van der Waals surface area contributed by atoms with Crippen LogP contribution in [0.1, 0.15) is 17.3 Å². The molecular weight excluding hydrogens is 364 g/mol. The molecule has 1 aromatic rings. The highest BCUT2D eigenvalue weighted by atomic mass is 16.6. The van der Waals surface area contributed by atoms with Gasteiger partial charge >= 0.3 is 17.9 Å². The van der Waals surface area contributed by atoms with E-state index in [1.54, 1.807) is 0 Å². The van der Waals surface area contributed by atoms with Gasteiger partial charge in [-0.1, -0.05) is 13.0 Å². The standard InChI is InChI=1S/C16H18N2O9/c1-8(11(15(22)26-2)16(23)27-3)12(14(20)21)17-13(19)9-5-4-6-10(7-9)18(24)25/h4-8,11-12H,1-3H3,(H,17,19)(H,20,21)/t8-,12+/m1/s1. The Hall–Kier alpha value is -3.50. The molecule has 0 aliphatic heterocycles. The van der Waals surface area contributed by atoms with Gasteiger partial charge in [-0.05, 0) is 6.07 Å². The molecule has 1 aromatic carbocycles. The van der Waals surface area contributed by atoms with Crippen LogP contribution in [0.25, 0.3) is 0 Å². The van der Waals surface area contributed by atoms with Gasteiger partial charge in [0.2, 0.25) is 0 Å². The highest BCUT2D eigenvalue weighted by Gasteiger charge is 2.42. The number of ether oxygens (including phenoxy) is 2. The van der Waals surface area contributed by atoms with Gasteiger partial charge in [0.15, 0.2) is 5.92 Å². The number of nitrogens with zero attached hydrogens (tertiary/aromatic N) is 1. The molecule has 11 nitrogen and oxygen atoms in total. The van der Waals surface area contributed by atoms with E-state index in [4.69, 9.17) is 0 Å². The second-order valence-corrected chi connectivity index (χ2v) is 5.48. The van der Waals surface area contributed by atoms with Crippen LogP contribution < -0.4 is 5.32 Å². The molecule has 27 heavy (non-hydrogen) atoms. The summed E-state index contributed by atoms with van der Waals surface area (Å²) in [6.07, 6.45) is 0. The quantitative estimate of drug-likeness (QED) is 0.280. The number of hydrogen-bond donors (Lipinski definition) is 2. The van der Waals surface area contributed by atoms with Gasteiger partial charge in [0.1, 0.15) is 6.04 Å². The minimum Gasteiger partial charge on any atom is -0.480 e. The van der Waals surface area contributed by atoms with Crippen LogP contribution in [0, 0.1) is 22.0 Å². The van der Waals surface area contributed by atoms with Gasteiger partial charge in [-0.3, -0.25) is 24.5 Å². The lowest BCUT2D eigenvalue weighted by Gasteiger charge is -2.26. The maximum Gasteiger partial charge on any atom is 0.326 e. The third-order valence-electron chi connectivity index (χ3n) is 3.83. The van der Waals surface area contributed by atoms with Gasteiger partial charge in [0.05, 0.1) is 19.1 Å². The van der Waals surface area contributed by atoms with Crippen LogP contribution in [0.2, 0.25) is 0 Å². The molecule has 2 N–H and O–H groups in total. The summed E-state index contributed by atoms with van der Waals surface area (Å²) in [5.41, 5.74) is -0.514. The average molecular weight is 382 g/mol. The van der Waals surface area contributed by atoms with E-state index in [1.807, 2.05) is 0 Å². The van der Waals surface area contributed by atoms with Crippen molar-refractivity contribution in [1.82, 2.24) is 5.32 Å². The number of carbonyl (C=O) groups is 4. The summed E-state index contributed by atoms with van der Waals surface area (Å²) in [6.45, 7) is 1.25. The van der Waals surface area contributed by atoms with E-state index in [2.05, 4.69) is 14.8 Å². The number of nitro groups is 1. The molecule has 2 atom stereocenters. The van der Waals surface area contributed by atoms with Crippen LogP contribution in [0.5, 0.6) is 0 Å². The van der Waals surface area contributed by atoms with Crippen LogP contribution in [0.3, 0.4) is 0 Å². The Kier molecular flexibility index (Phi) is 7.39. The minimum absolute atomic E-state index is 0.157. The number of nitro benzene ring substituents is 1. The van der Waals surface area contributed by atoms with Crippen LogP contribution >= 0.6 is 0 Å². The van der Waals surface area contributed by atoms with Crippen molar-refractivity contribution in [3.8, 4) is 0 Å². The summed E-state index contributed by atoms with van der Waals surface area (Å²) in [7, 11) is 2.03. The summed E-state index contributed by atoms with van der Waals surface area (Å²) < 4.78 is 9.00. The maximum absolute atomic E-state index is 12.3. The SMILES string of the molecule is COC(=O)C(C(=O)OC)[C@@H](C)[C@H](NC(=O)c1cccc([N+](=O)[O-])c1)C(=O)O. The summed E-state index contributed by atoms with van der Waals surface area (Å²) in [4.78, 5) is 57.7. The molecule has 1 amide bonds.